The van der Waals surface area contributed by atoms with Crippen LogP contribution >= 0.6 is 0 Å². The number of hydrogen-bond acceptors (Lipinski definition) is 5. The van der Waals surface area contributed by atoms with Gasteiger partial charge in [-0.05, 0) is 13.0 Å². The van der Waals surface area contributed by atoms with Gasteiger partial charge in [0.05, 0.1) is 5.69 Å². The summed E-state index contributed by atoms with van der Waals surface area (Å²) in [4.78, 5) is 0. The van der Waals surface area contributed by atoms with Crippen molar-refractivity contribution in [3.8, 4) is 11.5 Å². The zero-order valence-corrected chi connectivity index (χ0v) is 10.4. The molecule has 0 aliphatic heterocycles. The van der Waals surface area contributed by atoms with Crippen LogP contribution in [-0.2, 0) is 24.1 Å². The summed E-state index contributed by atoms with van der Waals surface area (Å²) in [5.41, 5.74) is 1.48. The van der Waals surface area contributed by atoms with E-state index in [1.165, 1.54) is 11.6 Å². The van der Waals surface area contributed by atoms with Gasteiger partial charge in [-0.3, -0.25) is 9.25 Å². The molecule has 0 spiro atoms. The molecule has 2 N–H and O–H groups in total. The van der Waals surface area contributed by atoms with Crippen molar-refractivity contribution in [3.63, 3.8) is 0 Å². The van der Waals surface area contributed by atoms with Gasteiger partial charge in [0.15, 0.2) is 5.82 Å². The van der Waals surface area contributed by atoms with E-state index in [4.69, 9.17) is 5.14 Å². The molecule has 2 heterocycles. The van der Waals surface area contributed by atoms with E-state index < -0.39 is 10.0 Å². The summed E-state index contributed by atoms with van der Waals surface area (Å²) in [6, 6.07) is 1.79. The molecule has 0 fully saturated rings. The first-order valence-electron chi connectivity index (χ1n) is 4.74. The summed E-state index contributed by atoms with van der Waals surface area (Å²) >= 11 is 0. The SMILES string of the molecule is Cc1cc(-c2nnc(S(N)(=O)=O)n2C)n(C)n1. The molecule has 0 aliphatic rings. The topological polar surface area (TPSA) is 109 Å². The van der Waals surface area contributed by atoms with Crippen LogP contribution in [0.15, 0.2) is 11.2 Å². The lowest BCUT2D eigenvalue weighted by Crippen LogP contribution is -2.17. The van der Waals surface area contributed by atoms with E-state index in [2.05, 4.69) is 15.3 Å². The van der Waals surface area contributed by atoms with Gasteiger partial charge < -0.3 is 0 Å². The lowest BCUT2D eigenvalue weighted by atomic mass is 10.3. The maximum Gasteiger partial charge on any atom is 0.273 e. The molecule has 0 unspecified atom stereocenters. The second-order valence-corrected chi connectivity index (χ2v) is 5.16. The van der Waals surface area contributed by atoms with E-state index in [0.29, 0.717) is 11.5 Å². The molecule has 92 valence electrons. The standard InChI is InChI=1S/C8H12N6O2S/c1-5-4-6(14(3)12-5)7-10-11-8(13(7)2)17(9,15)16/h4H,1-3H3,(H2,9,15,16). The molecule has 0 aliphatic carbocycles. The highest BCUT2D eigenvalue weighted by molar-refractivity contribution is 7.89. The van der Waals surface area contributed by atoms with Crippen molar-refractivity contribution in [2.24, 2.45) is 19.2 Å². The highest BCUT2D eigenvalue weighted by Crippen LogP contribution is 2.18. The molecular formula is C8H12N6O2S. The predicted octanol–water partition coefficient (Wildman–Crippen LogP) is -0.829. The molecule has 2 aromatic rings. The summed E-state index contributed by atoms with van der Waals surface area (Å²) in [6.07, 6.45) is 0. The number of hydrogen-bond donors (Lipinski definition) is 1. The minimum absolute atomic E-state index is 0.272. The number of primary sulfonamides is 1. The largest absolute Gasteiger partial charge is 0.299 e. The Labute approximate surface area is 98.1 Å². The second-order valence-electron chi connectivity index (χ2n) is 3.70. The summed E-state index contributed by atoms with van der Waals surface area (Å²) in [5.74, 6) is 0.400. The number of nitrogens with two attached hydrogens (primary N) is 1. The highest BCUT2D eigenvalue weighted by atomic mass is 32.2. The fourth-order valence-corrected chi connectivity index (χ4v) is 2.23. The third kappa shape index (κ3) is 1.94. The van der Waals surface area contributed by atoms with Crippen molar-refractivity contribution < 1.29 is 8.42 Å². The zero-order valence-electron chi connectivity index (χ0n) is 9.62. The van der Waals surface area contributed by atoms with Crippen LogP contribution in [0.3, 0.4) is 0 Å². The highest BCUT2D eigenvalue weighted by Gasteiger charge is 2.21. The minimum Gasteiger partial charge on any atom is -0.299 e. The Hall–Kier alpha value is -1.74. The van der Waals surface area contributed by atoms with Gasteiger partial charge in [0.25, 0.3) is 15.2 Å². The monoisotopic (exact) mass is 256 g/mol. The van der Waals surface area contributed by atoms with Crippen molar-refractivity contribution in [1.29, 1.82) is 0 Å². The third-order valence-corrected chi connectivity index (χ3v) is 3.18. The lowest BCUT2D eigenvalue weighted by molar-refractivity contribution is 0.580. The molecule has 2 aromatic heterocycles. The fraction of sp³-hybridized carbons (Fsp3) is 0.375. The maximum atomic E-state index is 11.2. The van der Waals surface area contributed by atoms with Crippen molar-refractivity contribution in [2.75, 3.05) is 0 Å². The van der Waals surface area contributed by atoms with Gasteiger partial charge in [0.2, 0.25) is 0 Å². The number of sulfonamides is 1. The molecule has 0 saturated carbocycles. The van der Waals surface area contributed by atoms with Gasteiger partial charge in [-0.25, -0.2) is 13.6 Å². The van der Waals surface area contributed by atoms with Gasteiger partial charge in [0.1, 0.15) is 5.69 Å². The number of rotatable bonds is 2. The smallest absolute Gasteiger partial charge is 0.273 e. The Bertz CT molecular complexity index is 668. The lowest BCUT2D eigenvalue weighted by Gasteiger charge is -2.02. The van der Waals surface area contributed by atoms with Crippen molar-refractivity contribution in [2.45, 2.75) is 12.1 Å². The van der Waals surface area contributed by atoms with Crippen LogP contribution < -0.4 is 5.14 Å². The Kier molecular flexibility index (Phi) is 2.51. The van der Waals surface area contributed by atoms with Gasteiger partial charge in [0, 0.05) is 14.1 Å². The first-order chi connectivity index (χ1) is 7.80. The Balaban J connectivity index is 2.63. The molecule has 9 heteroatoms. The van der Waals surface area contributed by atoms with Gasteiger partial charge in [-0.15, -0.1) is 10.2 Å². The molecule has 0 amide bonds. The van der Waals surface area contributed by atoms with Crippen molar-refractivity contribution in [3.05, 3.63) is 11.8 Å². The zero-order chi connectivity index (χ0) is 12.8. The van der Waals surface area contributed by atoms with Crippen LogP contribution in [0.2, 0.25) is 0 Å². The van der Waals surface area contributed by atoms with Crippen molar-refractivity contribution in [1.82, 2.24) is 24.5 Å². The Morgan fingerprint density at radius 2 is 1.94 bits per heavy atom. The summed E-state index contributed by atoms with van der Waals surface area (Å²) in [5, 5.41) is 16.3. The molecule has 8 nitrogen and oxygen atoms in total. The predicted molar refractivity (Wildman–Crippen MR) is 59.3 cm³/mol. The van der Waals surface area contributed by atoms with E-state index in [1.54, 1.807) is 17.8 Å². The van der Waals surface area contributed by atoms with Crippen LogP contribution in [0.25, 0.3) is 11.5 Å². The van der Waals surface area contributed by atoms with Gasteiger partial charge in [-0.1, -0.05) is 0 Å². The van der Waals surface area contributed by atoms with E-state index >= 15 is 0 Å². The molecule has 0 radical (unpaired) electrons. The van der Waals surface area contributed by atoms with E-state index in [0.717, 1.165) is 5.69 Å². The number of aromatic nitrogens is 5. The molecule has 2 rings (SSSR count). The summed E-state index contributed by atoms with van der Waals surface area (Å²) < 4.78 is 25.4. The Morgan fingerprint density at radius 1 is 1.29 bits per heavy atom. The minimum atomic E-state index is -3.87. The number of nitrogens with zero attached hydrogens (tertiary/aromatic N) is 5. The van der Waals surface area contributed by atoms with E-state index in [1.807, 2.05) is 6.92 Å². The quantitative estimate of drug-likeness (QED) is 0.754. The molecule has 17 heavy (non-hydrogen) atoms. The first kappa shape index (κ1) is 11.7. The average Bonchev–Trinajstić information content (AvgIpc) is 2.68. The van der Waals surface area contributed by atoms with Gasteiger partial charge >= 0.3 is 0 Å². The second kappa shape index (κ2) is 3.64. The fourth-order valence-electron chi connectivity index (χ4n) is 1.61. The van der Waals surface area contributed by atoms with Crippen LogP contribution in [0.1, 0.15) is 5.69 Å². The van der Waals surface area contributed by atoms with Crippen LogP contribution in [0, 0.1) is 6.92 Å². The average molecular weight is 256 g/mol. The van der Waals surface area contributed by atoms with E-state index in [9.17, 15) is 8.42 Å². The normalized spacial score (nSPS) is 12.0. The summed E-state index contributed by atoms with van der Waals surface area (Å²) in [6.45, 7) is 1.83. The first-order valence-corrected chi connectivity index (χ1v) is 6.28. The van der Waals surface area contributed by atoms with Crippen LogP contribution in [0.4, 0.5) is 0 Å². The molecule has 0 bridgehead atoms. The molecule has 0 atom stereocenters. The van der Waals surface area contributed by atoms with Gasteiger partial charge in [-0.2, -0.15) is 5.10 Å². The number of aryl methyl sites for hydroxylation is 2. The molecular weight excluding hydrogens is 244 g/mol. The third-order valence-electron chi connectivity index (χ3n) is 2.32. The molecule has 0 saturated heterocycles. The van der Waals surface area contributed by atoms with Crippen LogP contribution in [-0.4, -0.2) is 33.0 Å². The molecule has 0 aromatic carbocycles. The van der Waals surface area contributed by atoms with Crippen molar-refractivity contribution >= 4 is 10.0 Å². The Morgan fingerprint density at radius 3 is 2.35 bits per heavy atom. The maximum absolute atomic E-state index is 11.2. The van der Waals surface area contributed by atoms with E-state index in [-0.39, 0.29) is 5.16 Å². The summed E-state index contributed by atoms with van der Waals surface area (Å²) in [7, 11) is -0.584. The van der Waals surface area contributed by atoms with Crippen LogP contribution in [0.5, 0.6) is 0 Å².